The molecule has 1 atom stereocenters. The number of likely N-dealkylation sites (N-methyl/N-ethyl adjacent to an activating group) is 1. The molecule has 0 unspecified atom stereocenters. The molecule has 3 aliphatic heterocycles. The van der Waals surface area contributed by atoms with Crippen LogP contribution >= 0.6 is 0 Å². The van der Waals surface area contributed by atoms with Crippen molar-refractivity contribution in [1.29, 1.82) is 0 Å². The highest BCUT2D eigenvalue weighted by atomic mass is 16.5. The highest BCUT2D eigenvalue weighted by Gasteiger charge is 2.30. The lowest BCUT2D eigenvalue weighted by atomic mass is 9.96. The van der Waals surface area contributed by atoms with E-state index < -0.39 is 0 Å². The zero-order chi connectivity index (χ0) is 27.8. The van der Waals surface area contributed by atoms with Gasteiger partial charge >= 0.3 is 6.01 Å². The lowest BCUT2D eigenvalue weighted by Crippen LogP contribution is -2.49. The maximum absolute atomic E-state index is 12.2. The number of rotatable bonds is 7. The third-order valence-corrected chi connectivity index (χ3v) is 8.73. The van der Waals surface area contributed by atoms with Gasteiger partial charge in [-0.15, -0.1) is 0 Å². The molecule has 0 bridgehead atoms. The van der Waals surface area contributed by atoms with Crippen LogP contribution in [-0.2, 0) is 17.8 Å². The van der Waals surface area contributed by atoms with Crippen molar-refractivity contribution in [2.45, 2.75) is 51.6 Å². The summed E-state index contributed by atoms with van der Waals surface area (Å²) in [6.07, 6.45) is 6.51. The minimum Gasteiger partial charge on any atom is -0.462 e. The highest BCUT2D eigenvalue weighted by Crippen LogP contribution is 2.38. The Labute approximate surface area is 236 Å². The molecule has 10 heteroatoms. The molecular weight excluding hydrogens is 504 g/mol. The first kappa shape index (κ1) is 26.6. The van der Waals surface area contributed by atoms with Crippen LogP contribution in [0.4, 0.5) is 11.5 Å². The zero-order valence-corrected chi connectivity index (χ0v) is 23.9. The second-order valence-electron chi connectivity index (χ2n) is 11.5. The van der Waals surface area contributed by atoms with Gasteiger partial charge in [-0.25, -0.2) is 0 Å². The Kier molecular flexibility index (Phi) is 7.35. The molecular formula is C30H40N8O2. The Morgan fingerprint density at radius 3 is 2.70 bits per heavy atom. The smallest absolute Gasteiger partial charge is 0.318 e. The van der Waals surface area contributed by atoms with Gasteiger partial charge in [0.1, 0.15) is 12.4 Å². The molecule has 0 radical (unpaired) electrons. The molecule has 0 saturated carbocycles. The van der Waals surface area contributed by atoms with Crippen molar-refractivity contribution in [3.63, 3.8) is 0 Å². The minimum atomic E-state index is -0.0147. The maximum Gasteiger partial charge on any atom is 0.318 e. The van der Waals surface area contributed by atoms with E-state index in [-0.39, 0.29) is 5.91 Å². The predicted molar refractivity (Wildman–Crippen MR) is 157 cm³/mol. The molecule has 5 heterocycles. The lowest BCUT2D eigenvalue weighted by Gasteiger charge is -2.38. The molecule has 0 aliphatic carbocycles. The minimum absolute atomic E-state index is 0.0147. The van der Waals surface area contributed by atoms with Gasteiger partial charge in [-0.2, -0.15) is 15.1 Å². The molecule has 0 spiro atoms. The number of anilines is 2. The topological polar surface area (TPSA) is 93.7 Å². The molecule has 2 aromatic heterocycles. The fourth-order valence-corrected chi connectivity index (χ4v) is 6.37. The van der Waals surface area contributed by atoms with Crippen molar-refractivity contribution in [2.75, 3.05) is 62.7 Å². The Bertz CT molecular complexity index is 1390. The van der Waals surface area contributed by atoms with E-state index in [9.17, 15) is 4.79 Å². The van der Waals surface area contributed by atoms with E-state index in [2.05, 4.69) is 64.5 Å². The number of H-pyrrole nitrogens is 1. The van der Waals surface area contributed by atoms with Crippen LogP contribution in [0.3, 0.4) is 0 Å². The first-order chi connectivity index (χ1) is 19.4. The molecule has 3 aliphatic rings. The average Bonchev–Trinajstić information content (AvgIpc) is 3.63. The van der Waals surface area contributed by atoms with Gasteiger partial charge in [0.05, 0.1) is 29.6 Å². The van der Waals surface area contributed by atoms with Gasteiger partial charge in [-0.3, -0.25) is 9.89 Å². The molecule has 1 amide bonds. The van der Waals surface area contributed by atoms with Crippen molar-refractivity contribution in [3.05, 3.63) is 47.8 Å². The third-order valence-electron chi connectivity index (χ3n) is 8.73. The van der Waals surface area contributed by atoms with Crippen LogP contribution in [0.2, 0.25) is 0 Å². The first-order valence-corrected chi connectivity index (χ1v) is 14.5. The van der Waals surface area contributed by atoms with Gasteiger partial charge in [-0.05, 0) is 56.5 Å². The number of aromatic nitrogens is 4. The molecule has 10 nitrogen and oxygen atoms in total. The summed E-state index contributed by atoms with van der Waals surface area (Å²) in [7, 11) is 2.16. The number of hydrogen-bond donors (Lipinski definition) is 1. The van der Waals surface area contributed by atoms with Crippen LogP contribution in [0.1, 0.15) is 49.4 Å². The summed E-state index contributed by atoms with van der Waals surface area (Å²) in [6.45, 7) is 14.1. The predicted octanol–water partition coefficient (Wildman–Crippen LogP) is 3.35. The number of piperazine rings is 1. The van der Waals surface area contributed by atoms with E-state index in [1.54, 1.807) is 0 Å². The molecule has 212 valence electrons. The zero-order valence-electron chi connectivity index (χ0n) is 23.9. The molecule has 40 heavy (non-hydrogen) atoms. The summed E-state index contributed by atoms with van der Waals surface area (Å²) < 4.78 is 6.29. The summed E-state index contributed by atoms with van der Waals surface area (Å²) in [5, 5.41) is 8.63. The van der Waals surface area contributed by atoms with Gasteiger partial charge in [0.25, 0.3) is 0 Å². The van der Waals surface area contributed by atoms with E-state index in [1.165, 1.54) is 29.3 Å². The van der Waals surface area contributed by atoms with Gasteiger partial charge in [0.15, 0.2) is 0 Å². The third kappa shape index (κ3) is 5.00. The van der Waals surface area contributed by atoms with Crippen LogP contribution in [0, 0.1) is 0 Å². The van der Waals surface area contributed by atoms with E-state index in [0.29, 0.717) is 44.2 Å². The van der Waals surface area contributed by atoms with Gasteiger partial charge in [0.2, 0.25) is 5.91 Å². The maximum atomic E-state index is 12.2. The van der Waals surface area contributed by atoms with Crippen LogP contribution < -0.4 is 14.5 Å². The van der Waals surface area contributed by atoms with Crippen LogP contribution in [-0.4, -0.2) is 94.8 Å². The molecule has 6 rings (SSSR count). The molecule has 1 N–H and O–H groups in total. The van der Waals surface area contributed by atoms with Crippen LogP contribution in [0.5, 0.6) is 6.01 Å². The van der Waals surface area contributed by atoms with E-state index in [0.717, 1.165) is 61.4 Å². The Morgan fingerprint density at radius 2 is 1.98 bits per heavy atom. The number of aromatic amines is 1. The van der Waals surface area contributed by atoms with E-state index >= 15 is 0 Å². The Hall–Kier alpha value is -3.66. The summed E-state index contributed by atoms with van der Waals surface area (Å²) in [4.78, 5) is 31.1. The number of nitrogens with zero attached hydrogens (tertiary/aromatic N) is 7. The number of carbonyl (C=O) groups is 1. The van der Waals surface area contributed by atoms with Crippen molar-refractivity contribution >= 4 is 28.3 Å². The number of carbonyl (C=O) groups excluding carboxylic acids is 1. The van der Waals surface area contributed by atoms with Crippen molar-refractivity contribution in [2.24, 2.45) is 0 Å². The number of benzene rings is 1. The first-order valence-electron chi connectivity index (χ1n) is 14.5. The number of hydrogen-bond acceptors (Lipinski definition) is 8. The Balaban J connectivity index is 1.33. The highest BCUT2D eigenvalue weighted by molar-refractivity contribution is 5.94. The number of likely N-dealkylation sites (tertiary alicyclic amines) is 1. The standard InChI is InChI=1S/C30H40N8O2/c1-5-27(39)36-13-15-37(16-14-36)29-23-10-12-38(28-22(20(2)3)8-9-25-24(28)17-31-34-25)18-26(23)32-30(33-29)40-19-21-7-6-11-35(21)4/h5,8-9,17,20-21H,1,6-7,10-16,18-19H2,2-4H3,(H,31,34)/t21-/m1/s1. The number of ether oxygens (including phenoxy) is 1. The van der Waals surface area contributed by atoms with Crippen molar-refractivity contribution in [3.8, 4) is 6.01 Å². The quantitative estimate of drug-likeness (QED) is 0.453. The summed E-state index contributed by atoms with van der Waals surface area (Å²) in [6, 6.07) is 5.19. The van der Waals surface area contributed by atoms with Crippen molar-refractivity contribution < 1.29 is 9.53 Å². The van der Waals surface area contributed by atoms with Gasteiger partial charge in [-0.1, -0.05) is 26.5 Å². The van der Waals surface area contributed by atoms with Gasteiger partial charge in [0, 0.05) is 49.7 Å². The summed E-state index contributed by atoms with van der Waals surface area (Å²) in [5.74, 6) is 1.32. The largest absolute Gasteiger partial charge is 0.462 e. The van der Waals surface area contributed by atoms with Crippen molar-refractivity contribution in [1.82, 2.24) is 30.0 Å². The monoisotopic (exact) mass is 544 g/mol. The number of amides is 1. The lowest BCUT2D eigenvalue weighted by molar-refractivity contribution is -0.126. The molecule has 2 saturated heterocycles. The second kappa shape index (κ2) is 11.1. The van der Waals surface area contributed by atoms with Crippen LogP contribution in [0.25, 0.3) is 10.9 Å². The van der Waals surface area contributed by atoms with E-state index in [1.807, 2.05) is 11.1 Å². The average molecular weight is 545 g/mol. The fourth-order valence-electron chi connectivity index (χ4n) is 6.37. The molecule has 1 aromatic carbocycles. The summed E-state index contributed by atoms with van der Waals surface area (Å²) in [5.41, 5.74) is 5.81. The molecule has 3 aromatic rings. The van der Waals surface area contributed by atoms with E-state index in [4.69, 9.17) is 14.7 Å². The van der Waals surface area contributed by atoms with Gasteiger partial charge < -0.3 is 24.3 Å². The second-order valence-corrected chi connectivity index (χ2v) is 11.5. The number of nitrogens with one attached hydrogen (secondary N) is 1. The fraction of sp³-hybridized carbons (Fsp3) is 0.533. The van der Waals surface area contributed by atoms with Crippen LogP contribution in [0.15, 0.2) is 31.0 Å². The SMILES string of the molecule is C=CC(=O)N1CCN(c2nc(OC[C@H]3CCCN3C)nc3c2CCN(c2c(C(C)C)ccc4[nH]ncc24)C3)CC1. The molecule has 2 fully saturated rings. The Morgan fingerprint density at radius 1 is 1.15 bits per heavy atom. The summed E-state index contributed by atoms with van der Waals surface area (Å²) >= 11 is 0. The normalized spacial score (nSPS) is 19.9. The number of fused-ring (bicyclic) bond motifs is 2.